The molecule has 26 heavy (non-hydrogen) atoms. The molecule has 0 aliphatic rings. The van der Waals surface area contributed by atoms with E-state index in [1.807, 2.05) is 6.07 Å². The van der Waals surface area contributed by atoms with Crippen LogP contribution in [0.15, 0.2) is 60.7 Å². The van der Waals surface area contributed by atoms with Crippen LogP contribution in [0.25, 0.3) is 22.3 Å². The quantitative estimate of drug-likeness (QED) is 0.485. The van der Waals surface area contributed by atoms with E-state index >= 15 is 0 Å². The van der Waals surface area contributed by atoms with Gasteiger partial charge in [0.1, 0.15) is 0 Å². The molecule has 0 fully saturated rings. The minimum Gasteiger partial charge on any atom is -0.379 e. The first kappa shape index (κ1) is 18.0. The Balaban J connectivity index is 2.32. The van der Waals surface area contributed by atoms with Gasteiger partial charge in [0.25, 0.3) is 0 Å². The highest BCUT2D eigenvalue weighted by Crippen LogP contribution is 2.40. The molecule has 0 heterocycles. The van der Waals surface area contributed by atoms with Crippen LogP contribution in [0.1, 0.15) is 0 Å². The summed E-state index contributed by atoms with van der Waals surface area (Å²) in [6.07, 6.45) is 0.695. The average molecular weight is 378 g/mol. The Morgan fingerprint density at radius 2 is 1.35 bits per heavy atom. The van der Waals surface area contributed by atoms with Crippen molar-refractivity contribution in [2.75, 3.05) is 6.26 Å². The topological polar surface area (TPSA) is 43.4 Å². The zero-order valence-electron chi connectivity index (χ0n) is 13.5. The predicted octanol–water partition coefficient (Wildman–Crippen LogP) is 4.78. The third-order valence-electron chi connectivity index (χ3n) is 3.65. The number of halogens is 3. The van der Waals surface area contributed by atoms with Crippen LogP contribution in [0, 0.1) is 17.5 Å². The van der Waals surface area contributed by atoms with Crippen LogP contribution in [0.2, 0.25) is 0 Å². The van der Waals surface area contributed by atoms with Gasteiger partial charge in [-0.3, -0.25) is 0 Å². The summed E-state index contributed by atoms with van der Waals surface area (Å²) in [6, 6.07) is 16.3. The number of hydrogen-bond acceptors (Lipinski definition) is 3. The van der Waals surface area contributed by atoms with Gasteiger partial charge < -0.3 is 4.18 Å². The van der Waals surface area contributed by atoms with E-state index in [4.69, 9.17) is 0 Å². The molecule has 7 heteroatoms. The second kappa shape index (κ2) is 6.84. The summed E-state index contributed by atoms with van der Waals surface area (Å²) < 4.78 is 69.4. The number of rotatable bonds is 4. The SMILES string of the molecule is CS(=O)(=O)Oc1c(-c2ccccc2-c2ccccc2)cc(F)c(F)c1F. The van der Waals surface area contributed by atoms with Crippen molar-refractivity contribution in [2.24, 2.45) is 0 Å². The van der Waals surface area contributed by atoms with Crippen molar-refractivity contribution in [3.63, 3.8) is 0 Å². The van der Waals surface area contributed by atoms with Crippen molar-refractivity contribution in [1.29, 1.82) is 0 Å². The molecule has 0 spiro atoms. The maximum absolute atomic E-state index is 14.3. The Morgan fingerprint density at radius 1 is 0.769 bits per heavy atom. The minimum absolute atomic E-state index is 0.203. The standard InChI is InChI=1S/C19H13F3O3S/c1-26(23,24)25-19-15(11-16(20)17(21)18(19)22)14-10-6-5-9-13(14)12-7-3-2-4-8-12/h2-11H,1H3. The molecule has 0 radical (unpaired) electrons. The van der Waals surface area contributed by atoms with Crippen LogP contribution in [0.5, 0.6) is 5.75 Å². The van der Waals surface area contributed by atoms with Gasteiger partial charge in [-0.2, -0.15) is 12.8 Å². The average Bonchev–Trinajstić information content (AvgIpc) is 2.62. The molecular weight excluding hydrogens is 365 g/mol. The first-order valence-corrected chi connectivity index (χ1v) is 9.31. The molecule has 0 N–H and O–H groups in total. The number of hydrogen-bond donors (Lipinski definition) is 0. The Hall–Kier alpha value is -2.80. The fourth-order valence-electron chi connectivity index (χ4n) is 2.60. The molecule has 0 atom stereocenters. The minimum atomic E-state index is -4.17. The Morgan fingerprint density at radius 3 is 1.96 bits per heavy atom. The molecule has 0 saturated heterocycles. The summed E-state index contributed by atoms with van der Waals surface area (Å²) in [5.74, 6) is -5.83. The van der Waals surface area contributed by atoms with Crippen LogP contribution >= 0.6 is 0 Å². The molecule has 0 aromatic heterocycles. The summed E-state index contributed by atoms with van der Waals surface area (Å²) >= 11 is 0. The van der Waals surface area contributed by atoms with Gasteiger partial charge >= 0.3 is 10.1 Å². The van der Waals surface area contributed by atoms with E-state index in [9.17, 15) is 21.6 Å². The van der Waals surface area contributed by atoms with Gasteiger partial charge in [-0.25, -0.2) is 8.78 Å². The van der Waals surface area contributed by atoms with Crippen molar-refractivity contribution in [3.05, 3.63) is 78.1 Å². The van der Waals surface area contributed by atoms with Gasteiger partial charge in [-0.05, 0) is 22.8 Å². The van der Waals surface area contributed by atoms with E-state index in [1.54, 1.807) is 48.5 Å². The molecule has 3 aromatic carbocycles. The lowest BCUT2D eigenvalue weighted by Crippen LogP contribution is -2.10. The first-order valence-electron chi connectivity index (χ1n) is 7.49. The summed E-state index contributed by atoms with van der Waals surface area (Å²) in [5, 5.41) is 0. The van der Waals surface area contributed by atoms with Crippen LogP contribution in [-0.2, 0) is 10.1 Å². The summed E-state index contributed by atoms with van der Waals surface area (Å²) in [6.45, 7) is 0. The molecule has 0 aliphatic carbocycles. The molecule has 0 bridgehead atoms. The molecule has 0 aliphatic heterocycles. The first-order chi connectivity index (χ1) is 12.3. The monoisotopic (exact) mass is 378 g/mol. The smallest absolute Gasteiger partial charge is 0.306 e. The van der Waals surface area contributed by atoms with Crippen molar-refractivity contribution in [2.45, 2.75) is 0 Å². The molecule has 0 saturated carbocycles. The summed E-state index contributed by atoms with van der Waals surface area (Å²) in [4.78, 5) is 0. The van der Waals surface area contributed by atoms with Gasteiger partial charge in [0, 0.05) is 5.56 Å². The predicted molar refractivity (Wildman–Crippen MR) is 92.7 cm³/mol. The molecular formula is C19H13F3O3S. The van der Waals surface area contributed by atoms with Crippen LogP contribution < -0.4 is 4.18 Å². The van der Waals surface area contributed by atoms with Crippen LogP contribution in [0.3, 0.4) is 0 Å². The largest absolute Gasteiger partial charge is 0.379 e. The van der Waals surface area contributed by atoms with E-state index in [2.05, 4.69) is 4.18 Å². The fraction of sp³-hybridized carbons (Fsp3) is 0.0526. The second-order valence-corrected chi connectivity index (χ2v) is 7.14. The van der Waals surface area contributed by atoms with Crippen molar-refractivity contribution in [3.8, 4) is 28.0 Å². The summed E-state index contributed by atoms with van der Waals surface area (Å²) in [7, 11) is -4.17. The van der Waals surface area contributed by atoms with Gasteiger partial charge in [0.15, 0.2) is 17.4 Å². The fourth-order valence-corrected chi connectivity index (χ4v) is 3.06. The lowest BCUT2D eigenvalue weighted by Gasteiger charge is -2.15. The third-order valence-corrected chi connectivity index (χ3v) is 4.12. The van der Waals surface area contributed by atoms with Gasteiger partial charge in [-0.1, -0.05) is 54.6 Å². The van der Waals surface area contributed by atoms with E-state index in [0.29, 0.717) is 17.4 Å². The third kappa shape index (κ3) is 3.57. The molecule has 0 amide bonds. The molecule has 0 unspecified atom stereocenters. The molecule has 134 valence electrons. The summed E-state index contributed by atoms with van der Waals surface area (Å²) in [5.41, 5.74) is 1.41. The Kier molecular flexibility index (Phi) is 4.73. The van der Waals surface area contributed by atoms with Crippen molar-refractivity contribution in [1.82, 2.24) is 0 Å². The van der Waals surface area contributed by atoms with Gasteiger partial charge in [0.2, 0.25) is 5.82 Å². The van der Waals surface area contributed by atoms with Crippen LogP contribution in [-0.4, -0.2) is 14.7 Å². The molecule has 3 aromatic rings. The Bertz CT molecular complexity index is 1060. The zero-order valence-corrected chi connectivity index (χ0v) is 14.4. The van der Waals surface area contributed by atoms with Crippen LogP contribution in [0.4, 0.5) is 13.2 Å². The zero-order chi connectivity index (χ0) is 18.9. The number of benzene rings is 3. The van der Waals surface area contributed by atoms with Crippen molar-refractivity contribution < 1.29 is 25.8 Å². The highest BCUT2D eigenvalue weighted by molar-refractivity contribution is 7.86. The van der Waals surface area contributed by atoms with E-state index in [-0.39, 0.29) is 5.56 Å². The lowest BCUT2D eigenvalue weighted by molar-refractivity contribution is 0.414. The van der Waals surface area contributed by atoms with E-state index < -0.39 is 33.3 Å². The Labute approximate surface area is 148 Å². The van der Waals surface area contributed by atoms with E-state index in [0.717, 1.165) is 11.6 Å². The van der Waals surface area contributed by atoms with Crippen molar-refractivity contribution >= 4 is 10.1 Å². The van der Waals surface area contributed by atoms with Gasteiger partial charge in [0.05, 0.1) is 6.26 Å². The maximum atomic E-state index is 14.3. The molecule has 3 nitrogen and oxygen atoms in total. The highest BCUT2D eigenvalue weighted by Gasteiger charge is 2.25. The van der Waals surface area contributed by atoms with E-state index in [1.165, 1.54) is 0 Å². The highest BCUT2D eigenvalue weighted by atomic mass is 32.2. The second-order valence-electron chi connectivity index (χ2n) is 5.56. The molecule has 3 rings (SSSR count). The lowest BCUT2D eigenvalue weighted by atomic mass is 9.94. The van der Waals surface area contributed by atoms with Gasteiger partial charge in [-0.15, -0.1) is 0 Å². The maximum Gasteiger partial charge on any atom is 0.306 e. The normalized spacial score (nSPS) is 11.4.